The Morgan fingerprint density at radius 3 is 2.82 bits per heavy atom. The zero-order valence-corrected chi connectivity index (χ0v) is 18.0. The van der Waals surface area contributed by atoms with Crippen molar-refractivity contribution < 1.29 is 14.2 Å². The standard InChI is InChI=1S/C20H30N4O3S/c1-5-26-18-11-15(8-9-17(18)25-3)12-23(2)14-19-21-22-20(28-4)24(19)13-16-7-6-10-27-16/h8-9,11,16H,5-7,10,12-14H2,1-4H3. The van der Waals surface area contributed by atoms with Gasteiger partial charge in [0.2, 0.25) is 0 Å². The Kier molecular flexibility index (Phi) is 7.58. The van der Waals surface area contributed by atoms with Crippen molar-refractivity contribution in [2.75, 3.05) is 33.6 Å². The van der Waals surface area contributed by atoms with E-state index in [4.69, 9.17) is 14.2 Å². The number of ether oxygens (including phenoxy) is 3. The van der Waals surface area contributed by atoms with Crippen molar-refractivity contribution in [3.05, 3.63) is 29.6 Å². The second-order valence-corrected chi connectivity index (χ2v) is 7.71. The molecule has 2 heterocycles. The number of rotatable bonds is 10. The SMILES string of the molecule is CCOc1cc(CN(C)Cc2nnc(SC)n2CC2CCCO2)ccc1OC. The van der Waals surface area contributed by atoms with E-state index in [2.05, 4.69) is 32.8 Å². The number of thioether (sulfide) groups is 1. The highest BCUT2D eigenvalue weighted by atomic mass is 32.2. The van der Waals surface area contributed by atoms with Crippen molar-refractivity contribution in [2.45, 2.75) is 50.7 Å². The van der Waals surface area contributed by atoms with E-state index in [0.29, 0.717) is 6.61 Å². The Morgan fingerprint density at radius 1 is 1.29 bits per heavy atom. The van der Waals surface area contributed by atoms with Crippen LogP contribution in [0.25, 0.3) is 0 Å². The van der Waals surface area contributed by atoms with Crippen LogP contribution in [0.5, 0.6) is 11.5 Å². The molecule has 1 aliphatic rings. The molecule has 28 heavy (non-hydrogen) atoms. The molecular weight excluding hydrogens is 376 g/mol. The average molecular weight is 407 g/mol. The average Bonchev–Trinajstić information content (AvgIpc) is 3.33. The van der Waals surface area contributed by atoms with E-state index in [1.54, 1.807) is 18.9 Å². The topological polar surface area (TPSA) is 61.6 Å². The van der Waals surface area contributed by atoms with Gasteiger partial charge in [-0.25, -0.2) is 0 Å². The summed E-state index contributed by atoms with van der Waals surface area (Å²) in [7, 11) is 3.75. The lowest BCUT2D eigenvalue weighted by Crippen LogP contribution is -2.23. The first kappa shape index (κ1) is 21.0. The molecule has 1 fully saturated rings. The molecule has 1 atom stereocenters. The fourth-order valence-electron chi connectivity index (χ4n) is 3.46. The molecule has 1 aromatic heterocycles. The molecule has 0 N–H and O–H groups in total. The number of benzene rings is 1. The highest BCUT2D eigenvalue weighted by Gasteiger charge is 2.21. The molecule has 0 spiro atoms. The number of aromatic nitrogens is 3. The smallest absolute Gasteiger partial charge is 0.191 e. The van der Waals surface area contributed by atoms with Crippen LogP contribution >= 0.6 is 11.8 Å². The first-order chi connectivity index (χ1) is 13.6. The predicted molar refractivity (Wildman–Crippen MR) is 110 cm³/mol. The van der Waals surface area contributed by atoms with Crippen molar-refractivity contribution in [3.63, 3.8) is 0 Å². The van der Waals surface area contributed by atoms with Crippen LogP contribution in [0.4, 0.5) is 0 Å². The van der Waals surface area contributed by atoms with Crippen LogP contribution in [0, 0.1) is 0 Å². The highest BCUT2D eigenvalue weighted by molar-refractivity contribution is 7.98. The van der Waals surface area contributed by atoms with Gasteiger partial charge >= 0.3 is 0 Å². The van der Waals surface area contributed by atoms with Crippen LogP contribution in [-0.4, -0.2) is 59.4 Å². The van der Waals surface area contributed by atoms with Crippen molar-refractivity contribution in [1.82, 2.24) is 19.7 Å². The molecule has 0 bridgehead atoms. The Hall–Kier alpha value is -1.77. The zero-order chi connectivity index (χ0) is 19.9. The zero-order valence-electron chi connectivity index (χ0n) is 17.2. The lowest BCUT2D eigenvalue weighted by Gasteiger charge is -2.19. The van der Waals surface area contributed by atoms with E-state index in [-0.39, 0.29) is 6.10 Å². The summed E-state index contributed by atoms with van der Waals surface area (Å²) >= 11 is 1.63. The first-order valence-electron chi connectivity index (χ1n) is 9.70. The molecule has 1 saturated heterocycles. The Morgan fingerprint density at radius 2 is 2.14 bits per heavy atom. The van der Waals surface area contributed by atoms with Gasteiger partial charge in [-0.1, -0.05) is 17.8 Å². The van der Waals surface area contributed by atoms with Crippen LogP contribution in [0.2, 0.25) is 0 Å². The Labute approximate surface area is 171 Å². The van der Waals surface area contributed by atoms with Gasteiger partial charge in [0.15, 0.2) is 16.7 Å². The largest absolute Gasteiger partial charge is 0.493 e. The lowest BCUT2D eigenvalue weighted by molar-refractivity contribution is 0.0934. The van der Waals surface area contributed by atoms with Crippen molar-refractivity contribution >= 4 is 11.8 Å². The molecular formula is C20H30N4O3S. The summed E-state index contributed by atoms with van der Waals surface area (Å²) in [5.74, 6) is 2.51. The fraction of sp³-hybridized carbons (Fsp3) is 0.600. The summed E-state index contributed by atoms with van der Waals surface area (Å²) in [4.78, 5) is 2.23. The molecule has 8 heteroatoms. The fourth-order valence-corrected chi connectivity index (χ4v) is 3.98. The summed E-state index contributed by atoms with van der Waals surface area (Å²) in [6.07, 6.45) is 4.54. The summed E-state index contributed by atoms with van der Waals surface area (Å²) in [5, 5.41) is 9.74. The molecule has 1 unspecified atom stereocenters. The maximum Gasteiger partial charge on any atom is 0.191 e. The Balaban J connectivity index is 1.68. The van der Waals surface area contributed by atoms with Gasteiger partial charge < -0.3 is 18.8 Å². The van der Waals surface area contributed by atoms with Gasteiger partial charge in [-0.2, -0.15) is 0 Å². The van der Waals surface area contributed by atoms with Crippen LogP contribution in [0.1, 0.15) is 31.2 Å². The third kappa shape index (κ3) is 5.18. The third-order valence-electron chi connectivity index (χ3n) is 4.78. The number of nitrogens with zero attached hydrogens (tertiary/aromatic N) is 4. The van der Waals surface area contributed by atoms with Gasteiger partial charge in [0.05, 0.1) is 32.9 Å². The van der Waals surface area contributed by atoms with Gasteiger partial charge in [0.25, 0.3) is 0 Å². The molecule has 0 saturated carbocycles. The lowest BCUT2D eigenvalue weighted by atomic mass is 10.2. The second kappa shape index (κ2) is 10.1. The molecule has 0 aliphatic carbocycles. The van der Waals surface area contributed by atoms with E-state index < -0.39 is 0 Å². The predicted octanol–water partition coefficient (Wildman–Crippen LogP) is 3.22. The Bertz CT molecular complexity index is 762. The minimum absolute atomic E-state index is 0.265. The second-order valence-electron chi connectivity index (χ2n) is 6.94. The molecule has 1 aromatic carbocycles. The number of hydrogen-bond donors (Lipinski definition) is 0. The molecule has 1 aliphatic heterocycles. The van der Waals surface area contributed by atoms with E-state index in [9.17, 15) is 0 Å². The van der Waals surface area contributed by atoms with E-state index >= 15 is 0 Å². The van der Waals surface area contributed by atoms with Crippen molar-refractivity contribution in [3.8, 4) is 11.5 Å². The highest BCUT2D eigenvalue weighted by Crippen LogP contribution is 2.28. The monoisotopic (exact) mass is 406 g/mol. The number of methoxy groups -OCH3 is 1. The molecule has 3 rings (SSSR count). The van der Waals surface area contributed by atoms with Crippen LogP contribution in [0.3, 0.4) is 0 Å². The van der Waals surface area contributed by atoms with Gasteiger partial charge in [-0.3, -0.25) is 4.90 Å². The van der Waals surface area contributed by atoms with Gasteiger partial charge in [0, 0.05) is 13.2 Å². The summed E-state index contributed by atoms with van der Waals surface area (Å²) < 4.78 is 19.1. The molecule has 0 amide bonds. The summed E-state index contributed by atoms with van der Waals surface area (Å²) in [5.41, 5.74) is 1.17. The van der Waals surface area contributed by atoms with E-state index in [1.807, 2.05) is 25.3 Å². The maximum atomic E-state index is 5.81. The molecule has 154 valence electrons. The maximum absolute atomic E-state index is 5.81. The quantitative estimate of drug-likeness (QED) is 0.562. The minimum atomic E-state index is 0.265. The van der Waals surface area contributed by atoms with Crippen LogP contribution < -0.4 is 9.47 Å². The van der Waals surface area contributed by atoms with Crippen LogP contribution in [0.15, 0.2) is 23.4 Å². The van der Waals surface area contributed by atoms with E-state index in [0.717, 1.165) is 61.6 Å². The number of hydrogen-bond acceptors (Lipinski definition) is 7. The van der Waals surface area contributed by atoms with E-state index in [1.165, 1.54) is 5.56 Å². The summed E-state index contributed by atoms with van der Waals surface area (Å²) in [6.45, 7) is 5.77. The van der Waals surface area contributed by atoms with Gasteiger partial charge in [-0.05, 0) is 50.8 Å². The van der Waals surface area contributed by atoms with Gasteiger partial charge in [-0.15, -0.1) is 10.2 Å². The summed E-state index contributed by atoms with van der Waals surface area (Å²) in [6, 6.07) is 6.07. The molecule has 2 aromatic rings. The van der Waals surface area contributed by atoms with Crippen LogP contribution in [-0.2, 0) is 24.4 Å². The minimum Gasteiger partial charge on any atom is -0.493 e. The normalized spacial score (nSPS) is 16.7. The molecule has 0 radical (unpaired) electrons. The van der Waals surface area contributed by atoms with Crippen molar-refractivity contribution in [2.24, 2.45) is 0 Å². The third-order valence-corrected chi connectivity index (χ3v) is 5.45. The van der Waals surface area contributed by atoms with Crippen molar-refractivity contribution in [1.29, 1.82) is 0 Å². The first-order valence-corrected chi connectivity index (χ1v) is 10.9. The molecule has 7 nitrogen and oxygen atoms in total. The van der Waals surface area contributed by atoms with Gasteiger partial charge in [0.1, 0.15) is 5.82 Å².